The highest BCUT2D eigenvalue weighted by molar-refractivity contribution is 5.60. The maximum Gasteiger partial charge on any atom is 0.101 e. The highest BCUT2D eigenvalue weighted by Crippen LogP contribution is 2.21. The van der Waals surface area contributed by atoms with Gasteiger partial charge in [0, 0.05) is 13.1 Å². The van der Waals surface area contributed by atoms with Crippen LogP contribution in [-0.4, -0.2) is 13.1 Å². The van der Waals surface area contributed by atoms with Gasteiger partial charge in [-0.2, -0.15) is 5.26 Å². The number of benzene rings is 1. The Morgan fingerprint density at radius 2 is 2.07 bits per heavy atom. The number of hydrogen-bond donors (Lipinski definition) is 0. The molecule has 2 heteroatoms. The summed E-state index contributed by atoms with van der Waals surface area (Å²) in [4.78, 5) is 2.26. The highest BCUT2D eigenvalue weighted by Gasteiger charge is 2.08. The molecule has 0 spiro atoms. The molecule has 0 radical (unpaired) electrons. The Hall–Kier alpha value is -1.49. The van der Waals surface area contributed by atoms with Gasteiger partial charge in [0.2, 0.25) is 0 Å². The van der Waals surface area contributed by atoms with Crippen molar-refractivity contribution in [2.24, 2.45) is 0 Å². The van der Waals surface area contributed by atoms with Gasteiger partial charge >= 0.3 is 0 Å². The fourth-order valence-electron chi connectivity index (χ4n) is 1.72. The molecule has 0 unspecified atom stereocenters. The molecule has 15 heavy (non-hydrogen) atoms. The quantitative estimate of drug-likeness (QED) is 0.750. The van der Waals surface area contributed by atoms with E-state index >= 15 is 0 Å². The van der Waals surface area contributed by atoms with Gasteiger partial charge < -0.3 is 4.90 Å². The number of rotatable bonds is 4. The predicted octanol–water partition coefficient (Wildman–Crippen LogP) is 3.10. The van der Waals surface area contributed by atoms with Gasteiger partial charge in [0.15, 0.2) is 0 Å². The van der Waals surface area contributed by atoms with Crippen LogP contribution in [0.4, 0.5) is 5.69 Å². The lowest BCUT2D eigenvalue weighted by atomic mass is 10.1. The molecule has 80 valence electrons. The lowest BCUT2D eigenvalue weighted by molar-refractivity contribution is 0.790. The first-order chi connectivity index (χ1) is 7.22. The van der Waals surface area contributed by atoms with E-state index in [0.29, 0.717) is 0 Å². The summed E-state index contributed by atoms with van der Waals surface area (Å²) in [5, 5.41) is 9.05. The van der Waals surface area contributed by atoms with Crippen LogP contribution in [0.15, 0.2) is 18.2 Å². The van der Waals surface area contributed by atoms with Crippen LogP contribution in [0.25, 0.3) is 0 Å². The summed E-state index contributed by atoms with van der Waals surface area (Å²) in [6, 6.07) is 8.24. The van der Waals surface area contributed by atoms with Crippen LogP contribution < -0.4 is 4.90 Å². The van der Waals surface area contributed by atoms with Crippen LogP contribution in [0.3, 0.4) is 0 Å². The first kappa shape index (κ1) is 11.6. The van der Waals surface area contributed by atoms with Crippen molar-refractivity contribution in [3.63, 3.8) is 0 Å². The zero-order chi connectivity index (χ0) is 11.3. The van der Waals surface area contributed by atoms with Gasteiger partial charge in [-0.05, 0) is 38.0 Å². The molecule has 0 fully saturated rings. The summed E-state index contributed by atoms with van der Waals surface area (Å²) in [5.41, 5.74) is 3.05. The van der Waals surface area contributed by atoms with Crippen molar-refractivity contribution in [1.29, 1.82) is 5.26 Å². The Kier molecular flexibility index (Phi) is 4.17. The highest BCUT2D eigenvalue weighted by atomic mass is 15.1. The summed E-state index contributed by atoms with van der Waals surface area (Å²) in [7, 11) is 0. The molecule has 0 aliphatic carbocycles. The summed E-state index contributed by atoms with van der Waals surface area (Å²) in [5.74, 6) is 0. The monoisotopic (exact) mass is 202 g/mol. The van der Waals surface area contributed by atoms with Crippen LogP contribution >= 0.6 is 0 Å². The van der Waals surface area contributed by atoms with Gasteiger partial charge in [0.1, 0.15) is 6.07 Å². The molecule has 0 saturated heterocycles. The number of nitriles is 1. The standard InChI is InChI=1S/C13H18N2/c1-4-8-15(5-2)13-9-11(3)6-7-12(13)10-14/h6-7,9H,4-5,8H2,1-3H3. The Balaban J connectivity index is 3.09. The summed E-state index contributed by atoms with van der Waals surface area (Å²) >= 11 is 0. The van der Waals surface area contributed by atoms with Gasteiger partial charge in [-0.15, -0.1) is 0 Å². The maximum absolute atomic E-state index is 9.05. The fourth-order valence-corrected chi connectivity index (χ4v) is 1.72. The van der Waals surface area contributed by atoms with Gasteiger partial charge in [-0.1, -0.05) is 13.0 Å². The van der Waals surface area contributed by atoms with Crippen molar-refractivity contribution >= 4 is 5.69 Å². The van der Waals surface area contributed by atoms with Gasteiger partial charge in [0.05, 0.1) is 11.3 Å². The van der Waals surface area contributed by atoms with E-state index in [-0.39, 0.29) is 0 Å². The van der Waals surface area contributed by atoms with E-state index in [4.69, 9.17) is 5.26 Å². The van der Waals surface area contributed by atoms with E-state index in [9.17, 15) is 0 Å². The predicted molar refractivity (Wildman–Crippen MR) is 64.1 cm³/mol. The number of hydrogen-bond acceptors (Lipinski definition) is 2. The van der Waals surface area contributed by atoms with Gasteiger partial charge in [0.25, 0.3) is 0 Å². The van der Waals surface area contributed by atoms with E-state index in [1.807, 2.05) is 12.1 Å². The maximum atomic E-state index is 9.05. The molecule has 0 aromatic heterocycles. The zero-order valence-electron chi connectivity index (χ0n) is 9.75. The summed E-state index contributed by atoms with van der Waals surface area (Å²) < 4.78 is 0. The van der Waals surface area contributed by atoms with Gasteiger partial charge in [-0.25, -0.2) is 0 Å². The van der Waals surface area contributed by atoms with Crippen molar-refractivity contribution in [2.75, 3.05) is 18.0 Å². The molecule has 0 aliphatic heterocycles. The molecule has 0 aliphatic rings. The molecule has 0 bridgehead atoms. The SMILES string of the molecule is CCCN(CC)c1cc(C)ccc1C#N. The molecule has 0 amide bonds. The average molecular weight is 202 g/mol. The van der Waals surface area contributed by atoms with E-state index in [0.717, 1.165) is 30.8 Å². The molecule has 1 aromatic carbocycles. The second-order valence-corrected chi connectivity index (χ2v) is 3.71. The fraction of sp³-hybridized carbons (Fsp3) is 0.462. The van der Waals surface area contributed by atoms with E-state index < -0.39 is 0 Å². The smallest absolute Gasteiger partial charge is 0.101 e. The number of nitrogens with zero attached hydrogens (tertiary/aromatic N) is 2. The lowest BCUT2D eigenvalue weighted by Gasteiger charge is -2.23. The minimum Gasteiger partial charge on any atom is -0.371 e. The molecule has 1 rings (SSSR count). The molecule has 0 atom stereocenters. The average Bonchev–Trinajstić information content (AvgIpc) is 2.26. The summed E-state index contributed by atoms with van der Waals surface area (Å²) in [6.07, 6.45) is 1.10. The molecule has 0 N–H and O–H groups in total. The third-order valence-corrected chi connectivity index (χ3v) is 2.49. The number of aryl methyl sites for hydroxylation is 1. The molecule has 0 saturated carbocycles. The zero-order valence-corrected chi connectivity index (χ0v) is 9.75. The van der Waals surface area contributed by atoms with Crippen LogP contribution in [0.2, 0.25) is 0 Å². The minimum absolute atomic E-state index is 0.774. The summed E-state index contributed by atoms with van der Waals surface area (Å²) in [6.45, 7) is 8.30. The molecular weight excluding hydrogens is 184 g/mol. The Labute approximate surface area is 92.1 Å². The Morgan fingerprint density at radius 1 is 1.33 bits per heavy atom. The normalized spacial score (nSPS) is 9.73. The van der Waals surface area contributed by atoms with Crippen LogP contribution in [0, 0.1) is 18.3 Å². The first-order valence-electron chi connectivity index (χ1n) is 5.48. The van der Waals surface area contributed by atoms with E-state index in [2.05, 4.69) is 37.8 Å². The minimum atomic E-state index is 0.774. The first-order valence-corrected chi connectivity index (χ1v) is 5.48. The Morgan fingerprint density at radius 3 is 2.60 bits per heavy atom. The second kappa shape index (κ2) is 5.41. The Bertz CT molecular complexity index is 363. The second-order valence-electron chi connectivity index (χ2n) is 3.71. The van der Waals surface area contributed by atoms with Crippen molar-refractivity contribution < 1.29 is 0 Å². The van der Waals surface area contributed by atoms with E-state index in [1.54, 1.807) is 0 Å². The van der Waals surface area contributed by atoms with Gasteiger partial charge in [-0.3, -0.25) is 0 Å². The van der Waals surface area contributed by atoms with Crippen molar-refractivity contribution in [2.45, 2.75) is 27.2 Å². The van der Waals surface area contributed by atoms with Crippen molar-refractivity contribution in [3.8, 4) is 6.07 Å². The van der Waals surface area contributed by atoms with Crippen molar-refractivity contribution in [3.05, 3.63) is 29.3 Å². The molecule has 2 nitrogen and oxygen atoms in total. The van der Waals surface area contributed by atoms with Crippen LogP contribution in [0.5, 0.6) is 0 Å². The number of anilines is 1. The molecule has 0 heterocycles. The van der Waals surface area contributed by atoms with Crippen molar-refractivity contribution in [1.82, 2.24) is 0 Å². The third-order valence-electron chi connectivity index (χ3n) is 2.49. The van der Waals surface area contributed by atoms with Crippen LogP contribution in [-0.2, 0) is 0 Å². The topological polar surface area (TPSA) is 27.0 Å². The lowest BCUT2D eigenvalue weighted by Crippen LogP contribution is -2.24. The molecular formula is C13H18N2. The van der Waals surface area contributed by atoms with Crippen LogP contribution in [0.1, 0.15) is 31.4 Å². The van der Waals surface area contributed by atoms with E-state index in [1.165, 1.54) is 5.56 Å². The molecule has 1 aromatic rings. The third kappa shape index (κ3) is 2.73. The largest absolute Gasteiger partial charge is 0.371 e.